The van der Waals surface area contributed by atoms with Crippen LogP contribution in [0.5, 0.6) is 0 Å². The number of hydrogen-bond acceptors (Lipinski definition) is 5. The van der Waals surface area contributed by atoms with Gasteiger partial charge in [-0.3, -0.25) is 13.9 Å². The van der Waals surface area contributed by atoms with Crippen LogP contribution in [-0.4, -0.2) is 38.2 Å². The van der Waals surface area contributed by atoms with E-state index in [-0.39, 0.29) is 12.3 Å². The molecule has 1 unspecified atom stereocenters. The molecule has 0 saturated carbocycles. The van der Waals surface area contributed by atoms with Crippen LogP contribution in [0.2, 0.25) is 0 Å². The number of aliphatic carboxylic acids is 1. The number of nitrogens with one attached hydrogen (secondary N) is 1. The van der Waals surface area contributed by atoms with E-state index in [9.17, 15) is 18.9 Å². The zero-order valence-electron chi connectivity index (χ0n) is 28.2. The van der Waals surface area contributed by atoms with E-state index in [1.807, 2.05) is 72.9 Å². The smallest absolute Gasteiger partial charge is 0.307 e. The molecule has 0 radical (unpaired) electrons. The lowest BCUT2D eigenvalue weighted by molar-refractivity contribution is -0.136. The molecule has 1 amide bonds. The number of anilines is 2. The summed E-state index contributed by atoms with van der Waals surface area (Å²) in [5.41, 5.74) is 11.4. The summed E-state index contributed by atoms with van der Waals surface area (Å²) >= 11 is 1.68. The molecule has 4 aromatic rings. The summed E-state index contributed by atoms with van der Waals surface area (Å²) in [4.78, 5) is 26.7. The number of carbonyl (C=O) groups is 2. The molecule has 2 heterocycles. The van der Waals surface area contributed by atoms with Gasteiger partial charge in [0.25, 0.3) is 5.91 Å². The van der Waals surface area contributed by atoms with Gasteiger partial charge in [-0.2, -0.15) is 0 Å². The normalized spacial score (nSPS) is 14.3. The van der Waals surface area contributed by atoms with E-state index in [0.717, 1.165) is 80.6 Å². The van der Waals surface area contributed by atoms with Crippen LogP contribution in [0.15, 0.2) is 47.8 Å². The number of fused-ring (bicyclic) bond motifs is 4. The Morgan fingerprint density at radius 1 is 0.979 bits per heavy atom. The maximum Gasteiger partial charge on any atom is 0.307 e. The van der Waals surface area contributed by atoms with Crippen molar-refractivity contribution in [1.29, 1.82) is 0 Å². The van der Waals surface area contributed by atoms with Gasteiger partial charge in [-0.1, -0.05) is 35.9 Å². The quantitative estimate of drug-likeness (QED) is 0.192. The zero-order valence-corrected chi connectivity index (χ0v) is 29.9. The van der Waals surface area contributed by atoms with Crippen molar-refractivity contribution in [2.75, 3.05) is 15.9 Å². The van der Waals surface area contributed by atoms with Crippen LogP contribution in [0.3, 0.4) is 0 Å². The average Bonchev–Trinajstić information content (AvgIpc) is 3.43. The second kappa shape index (κ2) is 13.7. The predicted octanol–water partition coefficient (Wildman–Crippen LogP) is 8.16. The Morgan fingerprint density at radius 2 is 1.64 bits per heavy atom. The highest BCUT2D eigenvalue weighted by molar-refractivity contribution is 7.85. The highest BCUT2D eigenvalue weighted by Crippen LogP contribution is 2.49. The number of rotatable bonds is 6. The van der Waals surface area contributed by atoms with Crippen LogP contribution in [-0.2, 0) is 41.6 Å². The standard InChI is InChI=1S/C34H34N2O4S2.C4H10O/c1-19-9-11-22(12-10-19)31-21(3)32-25-14-13-24(35-34(39)28-18-41-29-8-6-5-7-26(28)29)15-23(25)17-36(42(4)40)33(32)20(2)27(31)16-30(37)38;1-4(2,3)5/h9-15,18H,5-8,16-17H2,1-4H3,(H,35,39)(H,37,38);5H,1-3H3. The number of carbonyl (C=O) groups excluding carboxylic acids is 1. The van der Waals surface area contributed by atoms with E-state index < -0.39 is 22.6 Å². The monoisotopic (exact) mass is 672 g/mol. The summed E-state index contributed by atoms with van der Waals surface area (Å²) in [7, 11) is -1.36. The van der Waals surface area contributed by atoms with Gasteiger partial charge in [0, 0.05) is 27.8 Å². The molecule has 248 valence electrons. The topological polar surface area (TPSA) is 107 Å². The first-order chi connectivity index (χ1) is 22.1. The number of carboxylic acids is 1. The minimum Gasteiger partial charge on any atom is -0.481 e. The lowest BCUT2D eigenvalue weighted by Gasteiger charge is -2.35. The predicted molar refractivity (Wildman–Crippen MR) is 194 cm³/mol. The maximum absolute atomic E-state index is 13.3. The molecule has 3 N–H and O–H groups in total. The largest absolute Gasteiger partial charge is 0.481 e. The van der Waals surface area contributed by atoms with Crippen LogP contribution in [0.25, 0.3) is 22.3 Å². The third-order valence-electron chi connectivity index (χ3n) is 8.58. The van der Waals surface area contributed by atoms with Crippen molar-refractivity contribution in [3.05, 3.63) is 91.7 Å². The van der Waals surface area contributed by atoms with Gasteiger partial charge in [0.1, 0.15) is 11.0 Å². The SMILES string of the molecule is CC(C)(C)O.Cc1ccc(-c2c(C)c3c(c(C)c2CC(=O)O)N(S(C)=O)Cc2cc(NC(=O)c4csc5c4CCCC5)ccc2-3)cc1. The first-order valence-electron chi connectivity index (χ1n) is 16.0. The number of aliphatic hydroxyl groups is 1. The Balaban J connectivity index is 0.000000807. The first-order valence-corrected chi connectivity index (χ1v) is 18.4. The van der Waals surface area contributed by atoms with Crippen LogP contribution >= 0.6 is 11.3 Å². The maximum atomic E-state index is 13.3. The second-order valence-electron chi connectivity index (χ2n) is 13.5. The molecule has 0 spiro atoms. The molecule has 3 aromatic carbocycles. The van der Waals surface area contributed by atoms with Gasteiger partial charge in [-0.05, 0) is 124 Å². The summed E-state index contributed by atoms with van der Waals surface area (Å²) in [6.07, 6.45) is 5.82. The van der Waals surface area contributed by atoms with Crippen molar-refractivity contribution in [2.45, 2.75) is 85.8 Å². The number of nitrogens with zero attached hydrogens (tertiary/aromatic N) is 1. The Morgan fingerprint density at radius 3 is 2.28 bits per heavy atom. The highest BCUT2D eigenvalue weighted by atomic mass is 32.2. The Hall–Kier alpha value is -3.79. The van der Waals surface area contributed by atoms with Gasteiger partial charge >= 0.3 is 5.97 Å². The van der Waals surface area contributed by atoms with E-state index in [1.165, 1.54) is 16.9 Å². The average molecular weight is 673 g/mol. The molecule has 1 aromatic heterocycles. The molecule has 1 aliphatic heterocycles. The summed E-state index contributed by atoms with van der Waals surface area (Å²) in [5.74, 6) is -0.994. The molecule has 0 saturated heterocycles. The number of hydrogen-bond donors (Lipinski definition) is 3. The molecule has 1 aliphatic carbocycles. The third kappa shape index (κ3) is 7.53. The van der Waals surface area contributed by atoms with Gasteiger partial charge in [-0.25, -0.2) is 4.21 Å². The number of amides is 1. The molecule has 7 nitrogen and oxygen atoms in total. The molecule has 9 heteroatoms. The summed E-state index contributed by atoms with van der Waals surface area (Å²) < 4.78 is 15.0. The summed E-state index contributed by atoms with van der Waals surface area (Å²) in [5, 5.41) is 23.5. The minimum absolute atomic E-state index is 0.0894. The van der Waals surface area contributed by atoms with Crippen LogP contribution in [0, 0.1) is 20.8 Å². The Bertz CT molecular complexity index is 1860. The molecule has 0 fully saturated rings. The van der Waals surface area contributed by atoms with Crippen molar-refractivity contribution in [2.24, 2.45) is 0 Å². The van der Waals surface area contributed by atoms with Gasteiger partial charge in [-0.15, -0.1) is 11.3 Å². The first kappa shape index (κ1) is 34.5. The molecular weight excluding hydrogens is 629 g/mol. The molecule has 1 atom stereocenters. The van der Waals surface area contributed by atoms with Crippen molar-refractivity contribution < 1.29 is 24.0 Å². The Labute approximate surface area is 284 Å². The van der Waals surface area contributed by atoms with Crippen LogP contribution < -0.4 is 9.62 Å². The van der Waals surface area contributed by atoms with Crippen molar-refractivity contribution in [3.8, 4) is 22.3 Å². The van der Waals surface area contributed by atoms with Crippen molar-refractivity contribution >= 4 is 45.6 Å². The highest BCUT2D eigenvalue weighted by Gasteiger charge is 2.32. The molecule has 0 bridgehead atoms. The Kier molecular flexibility index (Phi) is 10.1. The van der Waals surface area contributed by atoms with E-state index in [2.05, 4.69) is 5.32 Å². The van der Waals surface area contributed by atoms with E-state index in [4.69, 9.17) is 5.11 Å². The molecule has 6 rings (SSSR count). The minimum atomic E-state index is -1.36. The number of thiophene rings is 1. The third-order valence-corrected chi connectivity index (χ3v) is 10.6. The molecular formula is C38H44N2O5S2. The van der Waals surface area contributed by atoms with Crippen LogP contribution in [0.4, 0.5) is 11.4 Å². The van der Waals surface area contributed by atoms with Gasteiger partial charge < -0.3 is 15.5 Å². The van der Waals surface area contributed by atoms with Gasteiger partial charge in [0.05, 0.1) is 29.8 Å². The summed E-state index contributed by atoms with van der Waals surface area (Å²) in [6, 6.07) is 14.1. The van der Waals surface area contributed by atoms with Gasteiger partial charge in [0.2, 0.25) is 0 Å². The lowest BCUT2D eigenvalue weighted by atomic mass is 9.81. The lowest BCUT2D eigenvalue weighted by Crippen LogP contribution is -2.30. The van der Waals surface area contributed by atoms with Gasteiger partial charge in [0.15, 0.2) is 0 Å². The van der Waals surface area contributed by atoms with Crippen molar-refractivity contribution in [3.63, 3.8) is 0 Å². The second-order valence-corrected chi connectivity index (χ2v) is 15.7. The summed E-state index contributed by atoms with van der Waals surface area (Å²) in [6.45, 7) is 11.6. The van der Waals surface area contributed by atoms with E-state index in [1.54, 1.807) is 38.4 Å². The fourth-order valence-electron chi connectivity index (χ4n) is 6.55. The van der Waals surface area contributed by atoms with Crippen LogP contribution in [0.1, 0.15) is 82.2 Å². The zero-order chi connectivity index (χ0) is 34.2. The number of benzene rings is 3. The fourth-order valence-corrected chi connectivity index (χ4v) is 8.49. The molecule has 47 heavy (non-hydrogen) atoms. The van der Waals surface area contributed by atoms with E-state index >= 15 is 0 Å². The number of aryl methyl sites for hydroxylation is 2. The fraction of sp³-hybridized carbons (Fsp3) is 0.368. The van der Waals surface area contributed by atoms with E-state index in [0.29, 0.717) is 12.2 Å². The number of carboxylic acid groups (broad SMARTS) is 1. The molecule has 2 aliphatic rings. The van der Waals surface area contributed by atoms with Crippen molar-refractivity contribution in [1.82, 2.24) is 0 Å².